The van der Waals surface area contributed by atoms with Crippen molar-refractivity contribution in [3.8, 4) is 0 Å². The molecular formula is C7H8NO2S. The molecule has 11 heavy (non-hydrogen) atoms. The molecule has 0 saturated heterocycles. The summed E-state index contributed by atoms with van der Waals surface area (Å²) < 4.78 is 4.76. The molecule has 1 amide bonds. The normalized spacial score (nSPS) is 9.18. The molecule has 0 aliphatic heterocycles. The van der Waals surface area contributed by atoms with Gasteiger partial charge >= 0.3 is 6.09 Å². The molecule has 0 aliphatic rings. The lowest BCUT2D eigenvalue weighted by Crippen LogP contribution is -2.18. The molecule has 1 aromatic heterocycles. The highest BCUT2D eigenvalue weighted by molar-refractivity contribution is 7.07. The molecule has 0 spiro atoms. The number of carbonyl (C=O) groups excluding carboxylic acids is 1. The number of carbonyl (C=O) groups is 1. The van der Waals surface area contributed by atoms with Crippen LogP contribution >= 0.6 is 11.3 Å². The van der Waals surface area contributed by atoms with Gasteiger partial charge in [-0.3, -0.25) is 0 Å². The molecule has 1 heterocycles. The molecule has 1 radical (unpaired) electrons. The highest BCUT2D eigenvalue weighted by Gasteiger charge is 1.98. The molecule has 0 atom stereocenters. The third-order valence-electron chi connectivity index (χ3n) is 1.09. The average molecular weight is 170 g/mol. The zero-order chi connectivity index (χ0) is 8.10. The van der Waals surface area contributed by atoms with Crippen LogP contribution in [0.15, 0.2) is 11.4 Å². The van der Waals surface area contributed by atoms with E-state index >= 15 is 0 Å². The minimum absolute atomic E-state index is 0.295. The topological polar surface area (TPSA) is 38.3 Å². The van der Waals surface area contributed by atoms with Gasteiger partial charge in [-0.2, -0.15) is 0 Å². The number of thiophene rings is 1. The second kappa shape index (κ2) is 3.98. The Labute approximate surface area is 69.0 Å². The van der Waals surface area contributed by atoms with E-state index < -0.39 is 6.09 Å². The number of rotatable bonds is 2. The van der Waals surface area contributed by atoms with Crippen molar-refractivity contribution in [2.75, 3.05) is 7.05 Å². The highest BCUT2D eigenvalue weighted by atomic mass is 32.1. The van der Waals surface area contributed by atoms with Crippen molar-refractivity contribution in [2.24, 2.45) is 0 Å². The first-order valence-corrected chi connectivity index (χ1v) is 3.99. The van der Waals surface area contributed by atoms with Gasteiger partial charge in [-0.15, -0.1) is 11.3 Å². The van der Waals surface area contributed by atoms with E-state index in [2.05, 4.69) is 10.7 Å². The van der Waals surface area contributed by atoms with Gasteiger partial charge in [0.15, 0.2) is 0 Å². The summed E-state index contributed by atoms with van der Waals surface area (Å²) in [5.41, 5.74) is 0.901. The van der Waals surface area contributed by atoms with Crippen LogP contribution in [-0.4, -0.2) is 13.1 Å². The summed E-state index contributed by atoms with van der Waals surface area (Å²) in [6, 6.07) is 1.87. The van der Waals surface area contributed by atoms with E-state index in [-0.39, 0.29) is 0 Å². The van der Waals surface area contributed by atoms with Gasteiger partial charge in [-0.25, -0.2) is 4.79 Å². The van der Waals surface area contributed by atoms with Crippen molar-refractivity contribution in [3.05, 3.63) is 22.4 Å². The zero-order valence-electron chi connectivity index (χ0n) is 6.09. The Morgan fingerprint density at radius 2 is 2.73 bits per heavy atom. The smallest absolute Gasteiger partial charge is 0.407 e. The average Bonchev–Trinajstić information content (AvgIpc) is 2.52. The summed E-state index contributed by atoms with van der Waals surface area (Å²) in [5, 5.41) is 7.20. The van der Waals surface area contributed by atoms with Gasteiger partial charge in [0.25, 0.3) is 0 Å². The van der Waals surface area contributed by atoms with Crippen LogP contribution in [0.3, 0.4) is 0 Å². The van der Waals surface area contributed by atoms with E-state index in [0.29, 0.717) is 6.61 Å². The van der Waals surface area contributed by atoms with E-state index in [1.54, 1.807) is 0 Å². The van der Waals surface area contributed by atoms with E-state index in [1.165, 1.54) is 18.4 Å². The van der Waals surface area contributed by atoms with Gasteiger partial charge in [0.2, 0.25) is 0 Å². The standard InChI is InChI=1S/C7H8NO2S/c1-8-7(9)10-4-6-2-3-11-5-6/h2-3H,4H2,1H3,(H,8,9). The minimum atomic E-state index is -0.412. The molecular weight excluding hydrogens is 162 g/mol. The van der Waals surface area contributed by atoms with Gasteiger partial charge in [-0.05, 0) is 11.4 Å². The third kappa shape index (κ3) is 2.59. The van der Waals surface area contributed by atoms with Crippen molar-refractivity contribution in [1.82, 2.24) is 5.32 Å². The van der Waals surface area contributed by atoms with Gasteiger partial charge in [-0.1, -0.05) is 0 Å². The Kier molecular flexibility index (Phi) is 2.92. The SMILES string of the molecule is CNC(=O)OCc1[c]scc1. The minimum Gasteiger partial charge on any atom is -0.445 e. The lowest BCUT2D eigenvalue weighted by Gasteiger charge is -1.99. The summed E-state index contributed by atoms with van der Waals surface area (Å²) in [4.78, 5) is 10.6. The van der Waals surface area contributed by atoms with Gasteiger partial charge in [0.1, 0.15) is 6.61 Å². The van der Waals surface area contributed by atoms with Gasteiger partial charge in [0, 0.05) is 12.6 Å². The molecule has 0 aromatic carbocycles. The van der Waals surface area contributed by atoms with Crippen molar-refractivity contribution in [2.45, 2.75) is 6.61 Å². The van der Waals surface area contributed by atoms with Crippen LogP contribution in [0.5, 0.6) is 0 Å². The maximum absolute atomic E-state index is 10.6. The fourth-order valence-corrected chi connectivity index (χ4v) is 1.13. The van der Waals surface area contributed by atoms with E-state index in [4.69, 9.17) is 4.74 Å². The number of hydrogen-bond donors (Lipinski definition) is 1. The lowest BCUT2D eigenvalue weighted by atomic mass is 10.4. The molecule has 1 rings (SSSR count). The Morgan fingerprint density at radius 1 is 1.91 bits per heavy atom. The van der Waals surface area contributed by atoms with Crippen LogP contribution in [0.4, 0.5) is 4.79 Å². The first kappa shape index (κ1) is 8.07. The summed E-state index contributed by atoms with van der Waals surface area (Å²) in [6.07, 6.45) is -0.412. The van der Waals surface area contributed by atoms with Crippen LogP contribution in [-0.2, 0) is 11.3 Å². The molecule has 3 nitrogen and oxygen atoms in total. The molecule has 59 valence electrons. The number of alkyl carbamates (subject to hydrolysis) is 1. The number of amides is 1. The number of ether oxygens (including phenoxy) is 1. The molecule has 0 saturated carbocycles. The second-order valence-electron chi connectivity index (χ2n) is 1.87. The molecule has 4 heteroatoms. The Hall–Kier alpha value is -1.03. The van der Waals surface area contributed by atoms with E-state index in [1.807, 2.05) is 11.4 Å². The Bertz CT molecular complexity index is 220. The molecule has 0 bridgehead atoms. The van der Waals surface area contributed by atoms with Crippen LogP contribution in [0.1, 0.15) is 5.56 Å². The number of nitrogens with one attached hydrogen (secondary N) is 1. The van der Waals surface area contributed by atoms with Crippen molar-refractivity contribution < 1.29 is 9.53 Å². The predicted octanol–water partition coefficient (Wildman–Crippen LogP) is 1.40. The van der Waals surface area contributed by atoms with Crippen molar-refractivity contribution in [3.63, 3.8) is 0 Å². The number of hydrogen-bond acceptors (Lipinski definition) is 3. The Balaban J connectivity index is 2.29. The molecule has 1 aromatic rings. The maximum atomic E-state index is 10.6. The zero-order valence-corrected chi connectivity index (χ0v) is 6.90. The summed E-state index contributed by atoms with van der Waals surface area (Å²) in [7, 11) is 1.53. The molecule has 0 unspecified atom stereocenters. The van der Waals surface area contributed by atoms with Crippen LogP contribution < -0.4 is 5.32 Å². The molecule has 0 aliphatic carbocycles. The van der Waals surface area contributed by atoms with Gasteiger partial charge in [0.05, 0.1) is 5.38 Å². The van der Waals surface area contributed by atoms with Crippen molar-refractivity contribution in [1.29, 1.82) is 0 Å². The highest BCUT2D eigenvalue weighted by Crippen LogP contribution is 2.05. The predicted molar refractivity (Wildman–Crippen MR) is 42.4 cm³/mol. The first-order chi connectivity index (χ1) is 5.33. The maximum Gasteiger partial charge on any atom is 0.407 e. The summed E-state index contributed by atoms with van der Waals surface area (Å²) >= 11 is 1.46. The second-order valence-corrected chi connectivity index (χ2v) is 2.59. The van der Waals surface area contributed by atoms with Crippen LogP contribution in [0.2, 0.25) is 0 Å². The van der Waals surface area contributed by atoms with Crippen LogP contribution in [0.25, 0.3) is 0 Å². The third-order valence-corrected chi connectivity index (χ3v) is 1.74. The summed E-state index contributed by atoms with van der Waals surface area (Å²) in [6.45, 7) is 0.295. The van der Waals surface area contributed by atoms with Gasteiger partial charge < -0.3 is 10.1 Å². The molecule has 0 fully saturated rings. The summed E-state index contributed by atoms with van der Waals surface area (Å²) in [5.74, 6) is 0. The molecule has 1 N–H and O–H groups in total. The van der Waals surface area contributed by atoms with E-state index in [9.17, 15) is 4.79 Å². The Morgan fingerprint density at radius 3 is 3.27 bits per heavy atom. The van der Waals surface area contributed by atoms with E-state index in [0.717, 1.165) is 5.56 Å². The quantitative estimate of drug-likeness (QED) is 0.728. The lowest BCUT2D eigenvalue weighted by molar-refractivity contribution is 0.142. The largest absolute Gasteiger partial charge is 0.445 e. The van der Waals surface area contributed by atoms with Crippen LogP contribution in [0, 0.1) is 5.38 Å². The first-order valence-electron chi connectivity index (χ1n) is 3.11. The fraction of sp³-hybridized carbons (Fsp3) is 0.286. The van der Waals surface area contributed by atoms with Crippen molar-refractivity contribution >= 4 is 17.4 Å². The fourth-order valence-electron chi connectivity index (χ4n) is 0.553. The monoisotopic (exact) mass is 170 g/mol.